The average Bonchev–Trinajstić information content (AvgIpc) is 2.57. The van der Waals surface area contributed by atoms with E-state index in [4.69, 9.17) is 0 Å². The van der Waals surface area contributed by atoms with E-state index in [2.05, 4.69) is 47.8 Å². The summed E-state index contributed by atoms with van der Waals surface area (Å²) in [5.41, 5.74) is 3.32. The van der Waals surface area contributed by atoms with Gasteiger partial charge in [-0.25, -0.2) is 0 Å². The summed E-state index contributed by atoms with van der Waals surface area (Å²) < 4.78 is 3.42. The first-order valence-electron chi connectivity index (χ1n) is 8.51. The zero-order valence-electron chi connectivity index (χ0n) is 14.1. The Labute approximate surface area is 144 Å². The lowest BCUT2D eigenvalue weighted by atomic mass is 9.71. The van der Waals surface area contributed by atoms with Crippen molar-refractivity contribution in [1.82, 2.24) is 9.71 Å². The second-order valence-electron chi connectivity index (χ2n) is 7.29. The molecule has 1 aliphatic rings. The van der Waals surface area contributed by atoms with Crippen molar-refractivity contribution in [3.63, 3.8) is 0 Å². The van der Waals surface area contributed by atoms with E-state index < -0.39 is 0 Å². The highest BCUT2D eigenvalue weighted by Gasteiger charge is 2.27. The molecule has 0 radical (unpaired) electrons. The van der Waals surface area contributed by atoms with Crippen LogP contribution < -0.4 is 4.72 Å². The standard InChI is InChI=1S/C20H26N2S/c1-20(2)11-7-18(8-12-20)17-3-5-19(6-4-17)23-22-15-16-9-13-21-14-10-16/h3-6,9-10,13-14,18,22H,7-8,11-12,15H2,1-2H3. The van der Waals surface area contributed by atoms with Crippen LogP contribution in [0.15, 0.2) is 53.7 Å². The average molecular weight is 327 g/mol. The molecule has 0 amide bonds. The van der Waals surface area contributed by atoms with E-state index in [1.54, 1.807) is 11.9 Å². The monoisotopic (exact) mass is 326 g/mol. The van der Waals surface area contributed by atoms with E-state index in [1.165, 1.54) is 41.7 Å². The van der Waals surface area contributed by atoms with Crippen molar-refractivity contribution in [3.05, 3.63) is 59.9 Å². The lowest BCUT2D eigenvalue weighted by molar-refractivity contribution is 0.224. The molecule has 0 saturated heterocycles. The number of rotatable bonds is 5. The number of pyridine rings is 1. The third kappa shape index (κ3) is 4.82. The molecule has 1 heterocycles. The molecule has 3 heteroatoms. The van der Waals surface area contributed by atoms with Gasteiger partial charge >= 0.3 is 0 Å². The Hall–Kier alpha value is -1.32. The molecule has 1 N–H and O–H groups in total. The van der Waals surface area contributed by atoms with Crippen molar-refractivity contribution >= 4 is 11.9 Å². The molecule has 2 aromatic rings. The van der Waals surface area contributed by atoms with Gasteiger partial charge in [-0.3, -0.25) is 9.71 Å². The lowest BCUT2D eigenvalue weighted by Crippen LogP contribution is -2.20. The normalized spacial score (nSPS) is 18.0. The van der Waals surface area contributed by atoms with Crippen LogP contribution in [0.4, 0.5) is 0 Å². The van der Waals surface area contributed by atoms with Crippen LogP contribution in [0.5, 0.6) is 0 Å². The highest BCUT2D eigenvalue weighted by molar-refractivity contribution is 7.97. The van der Waals surface area contributed by atoms with Gasteiger partial charge in [0.15, 0.2) is 0 Å². The highest BCUT2D eigenvalue weighted by Crippen LogP contribution is 2.42. The SMILES string of the molecule is CC1(C)CCC(c2ccc(SNCc3ccncc3)cc2)CC1. The smallest absolute Gasteiger partial charge is 0.0314 e. The molecule has 1 saturated carbocycles. The van der Waals surface area contributed by atoms with Crippen molar-refractivity contribution < 1.29 is 0 Å². The van der Waals surface area contributed by atoms with Crippen molar-refractivity contribution in [2.45, 2.75) is 56.9 Å². The van der Waals surface area contributed by atoms with Crippen molar-refractivity contribution in [2.24, 2.45) is 5.41 Å². The Morgan fingerprint density at radius 3 is 2.35 bits per heavy atom. The number of nitrogens with zero attached hydrogens (tertiary/aromatic N) is 1. The lowest BCUT2D eigenvalue weighted by Gasteiger charge is -2.34. The zero-order chi connectivity index (χ0) is 16.1. The largest absolute Gasteiger partial charge is 0.265 e. The number of hydrogen-bond donors (Lipinski definition) is 1. The van der Waals surface area contributed by atoms with Crippen LogP contribution in [0.25, 0.3) is 0 Å². The van der Waals surface area contributed by atoms with Crippen LogP contribution in [-0.2, 0) is 6.54 Å². The van der Waals surface area contributed by atoms with Crippen molar-refractivity contribution in [3.8, 4) is 0 Å². The summed E-state index contributed by atoms with van der Waals surface area (Å²) in [4.78, 5) is 5.32. The van der Waals surface area contributed by atoms with Crippen molar-refractivity contribution in [1.29, 1.82) is 0 Å². The maximum absolute atomic E-state index is 4.04. The topological polar surface area (TPSA) is 24.9 Å². The van der Waals surface area contributed by atoms with Crippen LogP contribution in [0, 0.1) is 5.41 Å². The fourth-order valence-corrected chi connectivity index (χ4v) is 3.92. The van der Waals surface area contributed by atoms with Gasteiger partial charge in [-0.05, 0) is 84.4 Å². The molecule has 1 fully saturated rings. The van der Waals surface area contributed by atoms with E-state index in [0.717, 1.165) is 12.5 Å². The predicted octanol–water partition coefficient (Wildman–Crippen LogP) is 5.56. The van der Waals surface area contributed by atoms with Gasteiger partial charge in [-0.1, -0.05) is 26.0 Å². The van der Waals surface area contributed by atoms with E-state index in [1.807, 2.05) is 24.5 Å². The molecule has 0 atom stereocenters. The number of benzene rings is 1. The zero-order valence-corrected chi connectivity index (χ0v) is 14.9. The van der Waals surface area contributed by atoms with Crippen LogP contribution in [-0.4, -0.2) is 4.98 Å². The fraction of sp³-hybridized carbons (Fsp3) is 0.450. The minimum atomic E-state index is 0.545. The van der Waals surface area contributed by atoms with Gasteiger partial charge in [-0.2, -0.15) is 0 Å². The maximum Gasteiger partial charge on any atom is 0.0314 e. The van der Waals surface area contributed by atoms with Gasteiger partial charge in [-0.15, -0.1) is 0 Å². The van der Waals surface area contributed by atoms with Crippen molar-refractivity contribution in [2.75, 3.05) is 0 Å². The fourth-order valence-electron chi connectivity index (χ4n) is 3.24. The summed E-state index contributed by atoms with van der Waals surface area (Å²) in [7, 11) is 0. The molecule has 1 aromatic heterocycles. The summed E-state index contributed by atoms with van der Waals surface area (Å²) in [5, 5.41) is 0. The highest BCUT2D eigenvalue weighted by atomic mass is 32.2. The van der Waals surface area contributed by atoms with E-state index in [-0.39, 0.29) is 0 Å². The summed E-state index contributed by atoms with van der Waals surface area (Å²) >= 11 is 1.70. The second kappa shape index (κ2) is 7.50. The van der Waals surface area contributed by atoms with Gasteiger partial charge in [0.2, 0.25) is 0 Å². The Bertz CT molecular complexity index is 597. The molecule has 0 bridgehead atoms. The summed E-state index contributed by atoms with van der Waals surface area (Å²) in [5.74, 6) is 0.756. The molecule has 1 aliphatic carbocycles. The molecule has 23 heavy (non-hydrogen) atoms. The predicted molar refractivity (Wildman–Crippen MR) is 98.4 cm³/mol. The number of nitrogens with one attached hydrogen (secondary N) is 1. The Balaban J connectivity index is 1.49. The quantitative estimate of drug-likeness (QED) is 0.728. The Kier molecular flexibility index (Phi) is 5.39. The van der Waals surface area contributed by atoms with Gasteiger partial charge in [0.25, 0.3) is 0 Å². The van der Waals surface area contributed by atoms with Gasteiger partial charge in [0.1, 0.15) is 0 Å². The summed E-state index contributed by atoms with van der Waals surface area (Å²) in [6.07, 6.45) is 9.03. The van der Waals surface area contributed by atoms with Gasteiger partial charge < -0.3 is 0 Å². The van der Waals surface area contributed by atoms with Gasteiger partial charge in [0, 0.05) is 23.8 Å². The minimum Gasteiger partial charge on any atom is -0.265 e. The minimum absolute atomic E-state index is 0.545. The molecule has 3 rings (SSSR count). The maximum atomic E-state index is 4.04. The number of hydrogen-bond acceptors (Lipinski definition) is 3. The Morgan fingerprint density at radius 1 is 1.04 bits per heavy atom. The third-order valence-corrected chi connectivity index (χ3v) is 5.70. The summed E-state index contributed by atoms with van der Waals surface area (Å²) in [6.45, 7) is 5.65. The van der Waals surface area contributed by atoms with Crippen LogP contribution in [0.3, 0.4) is 0 Å². The van der Waals surface area contributed by atoms with Crippen LogP contribution >= 0.6 is 11.9 Å². The van der Waals surface area contributed by atoms with E-state index in [0.29, 0.717) is 5.41 Å². The second-order valence-corrected chi connectivity index (χ2v) is 8.25. The van der Waals surface area contributed by atoms with Crippen LogP contribution in [0.1, 0.15) is 56.6 Å². The third-order valence-electron chi connectivity index (χ3n) is 4.91. The molecule has 0 unspecified atom stereocenters. The first kappa shape index (κ1) is 16.5. The van der Waals surface area contributed by atoms with Crippen LogP contribution in [0.2, 0.25) is 0 Å². The molecule has 0 aliphatic heterocycles. The van der Waals surface area contributed by atoms with E-state index >= 15 is 0 Å². The first-order chi connectivity index (χ1) is 11.1. The molecular formula is C20H26N2S. The van der Waals surface area contributed by atoms with E-state index in [9.17, 15) is 0 Å². The molecule has 0 spiro atoms. The molecule has 2 nitrogen and oxygen atoms in total. The first-order valence-corrected chi connectivity index (χ1v) is 9.33. The molecular weight excluding hydrogens is 300 g/mol. The molecule has 122 valence electrons. The van der Waals surface area contributed by atoms with Gasteiger partial charge in [0.05, 0.1) is 0 Å². The number of aromatic nitrogens is 1. The molecule has 1 aromatic carbocycles. The Morgan fingerprint density at radius 2 is 1.70 bits per heavy atom. The summed E-state index contributed by atoms with van der Waals surface area (Å²) in [6, 6.07) is 13.2.